The number of hydrogen-bond donors (Lipinski definition) is 2. The van der Waals surface area contributed by atoms with Crippen molar-refractivity contribution in [3.05, 3.63) is 265 Å². The van der Waals surface area contributed by atoms with Crippen LogP contribution in [0.1, 0.15) is 22.3 Å². The van der Waals surface area contributed by atoms with Crippen molar-refractivity contribution in [3.63, 3.8) is 0 Å². The molecule has 3 aliphatic rings. The monoisotopic (exact) mass is 1070 g/mol. The molecule has 4 heterocycles. The van der Waals surface area contributed by atoms with Gasteiger partial charge in [0.05, 0.1) is 44.8 Å². The molecule has 0 spiro atoms. The Kier molecular flexibility index (Phi) is 10.5. The maximum Gasteiger partial charge on any atom is 0.0816 e. The molecule has 84 heavy (non-hydrogen) atoms. The van der Waals surface area contributed by atoms with Crippen molar-refractivity contribution in [3.8, 4) is 89.5 Å². The number of hydrogen-bond acceptors (Lipinski definition) is 2. The van der Waals surface area contributed by atoms with E-state index in [-0.39, 0.29) is 0 Å². The Hall–Kier alpha value is -10.7. The van der Waals surface area contributed by atoms with Gasteiger partial charge in [0.15, 0.2) is 0 Å². The molecule has 2 aromatic heterocycles. The van der Waals surface area contributed by atoms with Crippen molar-refractivity contribution in [2.24, 2.45) is 0 Å². The zero-order chi connectivity index (χ0) is 55.9. The Labute approximate surface area is 486 Å². The van der Waals surface area contributed by atoms with E-state index in [0.29, 0.717) is 0 Å². The van der Waals surface area contributed by atoms with Crippen LogP contribution in [0.5, 0.6) is 0 Å². The molecule has 14 aromatic rings. The van der Waals surface area contributed by atoms with Gasteiger partial charge in [-0.2, -0.15) is 0 Å². The summed E-state index contributed by atoms with van der Waals surface area (Å²) in [5.74, 6) is 0. The molecule has 0 atom stereocenters. The molecule has 2 aliphatic heterocycles. The first kappa shape index (κ1) is 48.1. The summed E-state index contributed by atoms with van der Waals surface area (Å²) in [7, 11) is 0. The first-order valence-electron chi connectivity index (χ1n) is 29.1. The van der Waals surface area contributed by atoms with Gasteiger partial charge in [-0.1, -0.05) is 194 Å². The van der Waals surface area contributed by atoms with Crippen molar-refractivity contribution >= 4 is 86.7 Å². The van der Waals surface area contributed by atoms with Crippen LogP contribution in [0.4, 0.5) is 0 Å². The van der Waals surface area contributed by atoms with Gasteiger partial charge < -0.3 is 9.97 Å². The van der Waals surface area contributed by atoms with Crippen LogP contribution < -0.4 is 0 Å². The number of aryl methyl sites for hydroxylation is 4. The van der Waals surface area contributed by atoms with Gasteiger partial charge in [-0.3, -0.25) is 0 Å². The lowest BCUT2D eigenvalue weighted by Crippen LogP contribution is -1.90. The van der Waals surface area contributed by atoms with Crippen molar-refractivity contribution in [2.45, 2.75) is 27.7 Å². The maximum absolute atomic E-state index is 6.28. The van der Waals surface area contributed by atoms with Gasteiger partial charge in [0, 0.05) is 66.1 Å². The van der Waals surface area contributed by atoms with E-state index in [1.807, 2.05) is 0 Å². The smallest absolute Gasteiger partial charge is 0.0816 e. The van der Waals surface area contributed by atoms with Gasteiger partial charge in [-0.05, 0) is 164 Å². The van der Waals surface area contributed by atoms with Crippen molar-refractivity contribution in [2.75, 3.05) is 0 Å². The second-order valence-electron chi connectivity index (χ2n) is 23.1. The lowest BCUT2D eigenvalue weighted by atomic mass is 9.89. The molecule has 8 bridgehead atoms. The molecule has 1 aliphatic carbocycles. The Morgan fingerprint density at radius 2 is 0.405 bits per heavy atom. The van der Waals surface area contributed by atoms with Gasteiger partial charge in [0.25, 0.3) is 0 Å². The fraction of sp³-hybridized carbons (Fsp3) is 0.0500. The zero-order valence-electron chi connectivity index (χ0n) is 47.0. The number of aromatic amines is 2. The normalized spacial score (nSPS) is 12.0. The molecular weight excluding hydrogens is 1020 g/mol. The van der Waals surface area contributed by atoms with Crippen molar-refractivity contribution in [1.29, 1.82) is 0 Å². The second-order valence-corrected chi connectivity index (χ2v) is 23.1. The summed E-state index contributed by atoms with van der Waals surface area (Å²) in [4.78, 5) is 21.3. The van der Waals surface area contributed by atoms with E-state index in [4.69, 9.17) is 9.97 Å². The highest BCUT2D eigenvalue weighted by molar-refractivity contribution is 6.25. The molecule has 394 valence electrons. The molecule has 0 saturated carbocycles. The SMILES string of the molecule is Cc1ccccc1-c1c2nc(c(-c3ccccc3C)c3[nH]c(c(-c4ccccc4C)c4nc(c(-c5ccccc5C)c5[nH]c1c1cc6ccccc6cc51)-c1cc5ccccc5cc1-4)c1cc4ccccc4cc31)-c1cc3ccccc3cc1-2. The summed E-state index contributed by atoms with van der Waals surface area (Å²) in [6.07, 6.45) is 0. The predicted octanol–water partition coefficient (Wildman–Crippen LogP) is 21.8. The fourth-order valence-electron chi connectivity index (χ4n) is 14.0. The van der Waals surface area contributed by atoms with Crippen molar-refractivity contribution in [1.82, 2.24) is 19.9 Å². The Morgan fingerprint density at radius 1 is 0.214 bits per heavy atom. The van der Waals surface area contributed by atoms with E-state index in [9.17, 15) is 0 Å². The van der Waals surface area contributed by atoms with Gasteiger partial charge in [-0.15, -0.1) is 0 Å². The molecule has 0 radical (unpaired) electrons. The summed E-state index contributed by atoms with van der Waals surface area (Å²) in [6.45, 7) is 8.97. The Morgan fingerprint density at radius 3 is 0.619 bits per heavy atom. The average Bonchev–Trinajstić information content (AvgIpc) is 2.55. The summed E-state index contributed by atoms with van der Waals surface area (Å²) in [5.41, 5.74) is 25.2. The molecule has 0 saturated heterocycles. The molecule has 0 amide bonds. The van der Waals surface area contributed by atoms with Crippen LogP contribution in [-0.2, 0) is 0 Å². The van der Waals surface area contributed by atoms with E-state index in [2.05, 4.69) is 280 Å². The summed E-state index contributed by atoms with van der Waals surface area (Å²) in [5, 5.41) is 13.7. The molecular formula is C80H54N4. The van der Waals surface area contributed by atoms with E-state index in [0.717, 1.165) is 198 Å². The largest absolute Gasteiger partial charge is 0.353 e. The second kappa shape index (κ2) is 18.4. The van der Waals surface area contributed by atoms with Crippen LogP contribution in [0, 0.1) is 27.7 Å². The van der Waals surface area contributed by atoms with Crippen LogP contribution in [-0.4, -0.2) is 19.9 Å². The lowest BCUT2D eigenvalue weighted by Gasteiger charge is -2.12. The minimum absolute atomic E-state index is 0.915. The molecule has 17 rings (SSSR count). The van der Waals surface area contributed by atoms with Gasteiger partial charge >= 0.3 is 0 Å². The first-order chi connectivity index (χ1) is 41.3. The van der Waals surface area contributed by atoms with Crippen LogP contribution in [0.3, 0.4) is 0 Å². The number of nitrogens with zero attached hydrogens (tertiary/aromatic N) is 2. The van der Waals surface area contributed by atoms with Crippen LogP contribution >= 0.6 is 0 Å². The van der Waals surface area contributed by atoms with Crippen LogP contribution in [0.25, 0.3) is 176 Å². The van der Waals surface area contributed by atoms with Gasteiger partial charge in [-0.25, -0.2) is 9.97 Å². The first-order valence-corrected chi connectivity index (χ1v) is 29.1. The third-order valence-corrected chi connectivity index (χ3v) is 18.2. The summed E-state index contributed by atoms with van der Waals surface area (Å²) < 4.78 is 0. The molecule has 12 aromatic carbocycles. The zero-order valence-corrected chi connectivity index (χ0v) is 47.0. The van der Waals surface area contributed by atoms with Crippen LogP contribution in [0.2, 0.25) is 0 Å². The van der Waals surface area contributed by atoms with E-state index >= 15 is 0 Å². The molecule has 4 heteroatoms. The highest BCUT2D eigenvalue weighted by Gasteiger charge is 2.32. The fourth-order valence-corrected chi connectivity index (χ4v) is 14.0. The van der Waals surface area contributed by atoms with Gasteiger partial charge in [0.2, 0.25) is 0 Å². The Balaban J connectivity index is 1.25. The summed E-state index contributed by atoms with van der Waals surface area (Å²) in [6, 6.07) is 89.8. The van der Waals surface area contributed by atoms with E-state index < -0.39 is 0 Å². The van der Waals surface area contributed by atoms with E-state index in [1.165, 1.54) is 0 Å². The number of benzene rings is 12. The lowest BCUT2D eigenvalue weighted by molar-refractivity contribution is 1.37. The van der Waals surface area contributed by atoms with E-state index in [1.54, 1.807) is 0 Å². The number of rotatable bonds is 4. The number of fused-ring (bicyclic) bond motifs is 4. The minimum Gasteiger partial charge on any atom is -0.353 e. The molecule has 2 N–H and O–H groups in total. The number of H-pyrrole nitrogens is 2. The molecule has 0 fully saturated rings. The number of aromatic nitrogens is 4. The van der Waals surface area contributed by atoms with Crippen LogP contribution in [0.15, 0.2) is 243 Å². The average molecular weight is 1070 g/mol. The Bertz CT molecular complexity index is 4880. The topological polar surface area (TPSA) is 57.4 Å². The predicted molar refractivity (Wildman–Crippen MR) is 356 cm³/mol. The highest BCUT2D eigenvalue weighted by atomic mass is 14.8. The van der Waals surface area contributed by atoms with Gasteiger partial charge in [0.1, 0.15) is 0 Å². The van der Waals surface area contributed by atoms with Crippen molar-refractivity contribution < 1.29 is 0 Å². The highest BCUT2D eigenvalue weighted by Crippen LogP contribution is 2.54. The molecule has 4 nitrogen and oxygen atoms in total. The third-order valence-electron chi connectivity index (χ3n) is 18.2. The standard InChI is InChI=1S/C80H54N4/c1-45-21-5-17-33-57(45)69-73-61-37-49-25-9-11-27-51(49)39-63(61)75(81-73)70(58-34-18-6-22-46(58)2)77-65-41-53-29-13-15-31-55(53)43-67(65)79(83-77)72(60-36-20-8-24-48(60)4)80-68-44-56-32-16-14-30-54(56)42-66(68)78(84-80)71(59-35-19-7-23-47(59)3)76-64-40-52-28-12-10-26-50(52)38-62(64)74(69)82-76/h5-44,81,84H,1-4H3. The third kappa shape index (κ3) is 7.20. The maximum atomic E-state index is 6.28. The summed E-state index contributed by atoms with van der Waals surface area (Å²) >= 11 is 0. The molecule has 0 unspecified atom stereocenters. The minimum atomic E-state index is 0.915. The quantitative estimate of drug-likeness (QED) is 0.185. The number of nitrogens with one attached hydrogen (secondary N) is 2.